The molecule has 6 heteroatoms. The average molecular weight is 299 g/mol. The van der Waals surface area contributed by atoms with Gasteiger partial charge in [0.15, 0.2) is 0 Å². The summed E-state index contributed by atoms with van der Waals surface area (Å²) in [6, 6.07) is 6.02. The maximum atomic E-state index is 12.8. The standard InChI is InChI=1S/C14H18FNO3S/c15-11-1-3-12(4-2-11)20-9-13(18)16-14(10-17)5-7-19-8-6-14/h1-4,17H,5-10H2,(H,16,18). The van der Waals surface area contributed by atoms with Crippen LogP contribution in [0.25, 0.3) is 0 Å². The van der Waals surface area contributed by atoms with Crippen molar-refractivity contribution in [1.82, 2.24) is 5.32 Å². The van der Waals surface area contributed by atoms with E-state index in [-0.39, 0.29) is 24.1 Å². The molecule has 0 unspecified atom stereocenters. The molecule has 1 amide bonds. The predicted molar refractivity (Wildman–Crippen MR) is 75.1 cm³/mol. The van der Waals surface area contributed by atoms with Gasteiger partial charge in [0, 0.05) is 18.1 Å². The van der Waals surface area contributed by atoms with E-state index < -0.39 is 5.54 Å². The van der Waals surface area contributed by atoms with Crippen molar-refractivity contribution in [3.8, 4) is 0 Å². The molecule has 0 atom stereocenters. The summed E-state index contributed by atoms with van der Waals surface area (Å²) in [5, 5.41) is 12.4. The van der Waals surface area contributed by atoms with E-state index in [2.05, 4.69) is 5.32 Å². The molecule has 0 aromatic heterocycles. The zero-order valence-corrected chi connectivity index (χ0v) is 11.9. The molecular formula is C14H18FNO3S. The van der Waals surface area contributed by atoms with Crippen molar-refractivity contribution in [2.75, 3.05) is 25.6 Å². The number of carbonyl (C=O) groups is 1. The van der Waals surface area contributed by atoms with E-state index in [1.54, 1.807) is 12.1 Å². The van der Waals surface area contributed by atoms with E-state index >= 15 is 0 Å². The van der Waals surface area contributed by atoms with E-state index in [1.165, 1.54) is 23.9 Å². The maximum absolute atomic E-state index is 12.8. The molecule has 0 spiro atoms. The molecular weight excluding hydrogens is 281 g/mol. The predicted octanol–water partition coefficient (Wildman–Crippen LogP) is 1.58. The van der Waals surface area contributed by atoms with Crippen LogP contribution < -0.4 is 5.32 Å². The molecule has 1 fully saturated rings. The zero-order chi connectivity index (χ0) is 14.4. The van der Waals surface area contributed by atoms with Crippen molar-refractivity contribution in [3.63, 3.8) is 0 Å². The molecule has 0 saturated carbocycles. The number of nitrogens with one attached hydrogen (secondary N) is 1. The van der Waals surface area contributed by atoms with Crippen LogP contribution in [-0.2, 0) is 9.53 Å². The van der Waals surface area contributed by atoms with Gasteiger partial charge in [0.1, 0.15) is 5.82 Å². The number of hydrogen-bond donors (Lipinski definition) is 2. The Morgan fingerprint density at radius 3 is 2.60 bits per heavy atom. The van der Waals surface area contributed by atoms with Crippen LogP contribution in [0.3, 0.4) is 0 Å². The van der Waals surface area contributed by atoms with Gasteiger partial charge in [-0.15, -0.1) is 11.8 Å². The highest BCUT2D eigenvalue weighted by atomic mass is 32.2. The van der Waals surface area contributed by atoms with E-state index in [4.69, 9.17) is 4.74 Å². The lowest BCUT2D eigenvalue weighted by molar-refractivity contribution is -0.122. The number of hydrogen-bond acceptors (Lipinski definition) is 4. The van der Waals surface area contributed by atoms with Gasteiger partial charge in [0.25, 0.3) is 0 Å². The Bertz CT molecular complexity index is 446. The molecule has 1 aliphatic rings. The number of thioether (sulfide) groups is 1. The molecule has 2 N–H and O–H groups in total. The minimum Gasteiger partial charge on any atom is -0.394 e. The number of ether oxygens (including phenoxy) is 1. The molecule has 1 saturated heterocycles. The van der Waals surface area contributed by atoms with Gasteiger partial charge in [0.05, 0.1) is 17.9 Å². The molecule has 0 bridgehead atoms. The van der Waals surface area contributed by atoms with Gasteiger partial charge in [-0.05, 0) is 37.1 Å². The number of aliphatic hydroxyl groups is 1. The number of rotatable bonds is 5. The lowest BCUT2D eigenvalue weighted by Gasteiger charge is -2.36. The van der Waals surface area contributed by atoms with Crippen molar-refractivity contribution in [2.24, 2.45) is 0 Å². The summed E-state index contributed by atoms with van der Waals surface area (Å²) in [6.45, 7) is 1.02. The Balaban J connectivity index is 1.83. The summed E-state index contributed by atoms with van der Waals surface area (Å²) < 4.78 is 18.0. The Hall–Kier alpha value is -1.11. The van der Waals surface area contributed by atoms with Crippen molar-refractivity contribution in [2.45, 2.75) is 23.3 Å². The third-order valence-electron chi connectivity index (χ3n) is 3.34. The van der Waals surface area contributed by atoms with Crippen LogP contribution in [-0.4, -0.2) is 42.1 Å². The Kier molecular flexibility index (Phi) is 5.39. The van der Waals surface area contributed by atoms with Crippen LogP contribution in [0.15, 0.2) is 29.2 Å². The molecule has 1 aromatic carbocycles. The number of amides is 1. The van der Waals surface area contributed by atoms with Crippen LogP contribution in [0, 0.1) is 5.82 Å². The third-order valence-corrected chi connectivity index (χ3v) is 4.35. The smallest absolute Gasteiger partial charge is 0.230 e. The van der Waals surface area contributed by atoms with Gasteiger partial charge in [0.2, 0.25) is 5.91 Å². The van der Waals surface area contributed by atoms with Crippen LogP contribution in [0.2, 0.25) is 0 Å². The van der Waals surface area contributed by atoms with E-state index in [0.29, 0.717) is 26.1 Å². The molecule has 1 aromatic rings. The highest BCUT2D eigenvalue weighted by Crippen LogP contribution is 2.22. The second kappa shape index (κ2) is 7.06. The molecule has 0 aliphatic carbocycles. The third kappa shape index (κ3) is 4.19. The lowest BCUT2D eigenvalue weighted by Crippen LogP contribution is -2.55. The highest BCUT2D eigenvalue weighted by molar-refractivity contribution is 8.00. The van der Waals surface area contributed by atoms with E-state index in [1.807, 2.05) is 0 Å². The van der Waals surface area contributed by atoms with Crippen molar-refractivity contribution in [3.05, 3.63) is 30.1 Å². The molecule has 1 aliphatic heterocycles. The summed E-state index contributed by atoms with van der Waals surface area (Å²) in [6.07, 6.45) is 1.24. The maximum Gasteiger partial charge on any atom is 0.230 e. The monoisotopic (exact) mass is 299 g/mol. The van der Waals surface area contributed by atoms with E-state index in [9.17, 15) is 14.3 Å². The zero-order valence-electron chi connectivity index (χ0n) is 11.1. The minimum absolute atomic E-state index is 0.0800. The molecule has 1 heterocycles. The van der Waals surface area contributed by atoms with E-state index in [0.717, 1.165) is 4.90 Å². The molecule has 2 rings (SSSR count). The van der Waals surface area contributed by atoms with Crippen LogP contribution in [0.4, 0.5) is 4.39 Å². The highest BCUT2D eigenvalue weighted by Gasteiger charge is 2.33. The quantitative estimate of drug-likeness (QED) is 0.811. The van der Waals surface area contributed by atoms with Crippen LogP contribution >= 0.6 is 11.8 Å². The van der Waals surface area contributed by atoms with Crippen molar-refractivity contribution < 1.29 is 19.0 Å². The Morgan fingerprint density at radius 1 is 1.35 bits per heavy atom. The number of benzene rings is 1. The first-order valence-corrected chi connectivity index (χ1v) is 7.50. The summed E-state index contributed by atoms with van der Waals surface area (Å²) in [5.74, 6) is -0.177. The molecule has 20 heavy (non-hydrogen) atoms. The van der Waals surface area contributed by atoms with Crippen molar-refractivity contribution >= 4 is 17.7 Å². The second-order valence-corrected chi connectivity index (χ2v) is 5.89. The summed E-state index contributed by atoms with van der Waals surface area (Å²) in [4.78, 5) is 12.8. The van der Waals surface area contributed by atoms with Gasteiger partial charge in [-0.3, -0.25) is 4.79 Å². The van der Waals surface area contributed by atoms with Gasteiger partial charge in [-0.25, -0.2) is 4.39 Å². The topological polar surface area (TPSA) is 58.6 Å². The summed E-state index contributed by atoms with van der Waals surface area (Å²) in [7, 11) is 0. The first kappa shape index (κ1) is 15.3. The van der Waals surface area contributed by atoms with Gasteiger partial charge in [-0.1, -0.05) is 0 Å². The number of aliphatic hydroxyl groups excluding tert-OH is 1. The average Bonchev–Trinajstić information content (AvgIpc) is 2.47. The van der Waals surface area contributed by atoms with Crippen LogP contribution in [0.1, 0.15) is 12.8 Å². The van der Waals surface area contributed by atoms with Crippen molar-refractivity contribution in [1.29, 1.82) is 0 Å². The largest absolute Gasteiger partial charge is 0.394 e. The Morgan fingerprint density at radius 2 is 2.00 bits per heavy atom. The van der Waals surface area contributed by atoms with Gasteiger partial charge >= 0.3 is 0 Å². The Labute approximate surface area is 121 Å². The summed E-state index contributed by atoms with van der Waals surface area (Å²) in [5.41, 5.74) is -0.557. The normalized spacial score (nSPS) is 17.7. The van der Waals surface area contributed by atoms with Gasteiger partial charge < -0.3 is 15.2 Å². The molecule has 4 nitrogen and oxygen atoms in total. The second-order valence-electron chi connectivity index (χ2n) is 4.84. The lowest BCUT2D eigenvalue weighted by atomic mass is 9.91. The number of carbonyl (C=O) groups excluding carboxylic acids is 1. The fourth-order valence-corrected chi connectivity index (χ4v) is 2.79. The number of halogens is 1. The molecule has 0 radical (unpaired) electrons. The first-order valence-electron chi connectivity index (χ1n) is 6.52. The summed E-state index contributed by atoms with van der Waals surface area (Å²) >= 11 is 1.34. The van der Waals surface area contributed by atoms with Gasteiger partial charge in [-0.2, -0.15) is 0 Å². The SMILES string of the molecule is O=C(CSc1ccc(F)cc1)NC1(CO)CCOCC1. The fourth-order valence-electron chi connectivity index (χ4n) is 2.10. The fraction of sp³-hybridized carbons (Fsp3) is 0.500. The molecule has 110 valence electrons. The minimum atomic E-state index is -0.557. The first-order chi connectivity index (χ1) is 9.63. The van der Waals surface area contributed by atoms with Crippen LogP contribution in [0.5, 0.6) is 0 Å².